The summed E-state index contributed by atoms with van der Waals surface area (Å²) in [5.74, 6) is -0.0360. The van der Waals surface area contributed by atoms with E-state index in [-0.39, 0.29) is 19.0 Å². The summed E-state index contributed by atoms with van der Waals surface area (Å²) in [5.41, 5.74) is -3.20. The van der Waals surface area contributed by atoms with Crippen molar-refractivity contribution < 1.29 is 42.1 Å². The summed E-state index contributed by atoms with van der Waals surface area (Å²) in [4.78, 5) is 26.5. The smallest absolute Gasteiger partial charge is 0.469 e. The first kappa shape index (κ1) is 24.6. The van der Waals surface area contributed by atoms with Crippen LogP contribution >= 0.6 is 11.6 Å². The lowest BCUT2D eigenvalue weighted by Crippen LogP contribution is -2.58. The molecular formula is C19H21ClF3NO7. The molecule has 1 aromatic rings. The number of hydrogen-bond acceptors (Lipinski definition) is 7. The van der Waals surface area contributed by atoms with Crippen molar-refractivity contribution in [2.24, 2.45) is 5.41 Å². The number of halogens is 4. The number of carbonyl (C=O) groups is 1. The molecule has 0 spiro atoms. The van der Waals surface area contributed by atoms with Crippen LogP contribution in [0.15, 0.2) is 18.2 Å². The Morgan fingerprint density at radius 2 is 1.97 bits per heavy atom. The van der Waals surface area contributed by atoms with E-state index in [9.17, 15) is 28.1 Å². The van der Waals surface area contributed by atoms with Gasteiger partial charge in [-0.3, -0.25) is 0 Å². The maximum Gasteiger partial charge on any atom is 0.508 e. The van der Waals surface area contributed by atoms with Gasteiger partial charge in [-0.15, -0.1) is 10.1 Å². The molecule has 0 fully saturated rings. The van der Waals surface area contributed by atoms with Crippen LogP contribution in [0.3, 0.4) is 0 Å². The Labute approximate surface area is 181 Å². The Bertz CT molecular complexity index is 888. The lowest BCUT2D eigenvalue weighted by molar-refractivity contribution is -0.760. The van der Waals surface area contributed by atoms with Crippen molar-refractivity contribution in [1.29, 1.82) is 0 Å². The molecule has 31 heavy (non-hydrogen) atoms. The molecule has 2 atom stereocenters. The quantitative estimate of drug-likeness (QED) is 0.311. The van der Waals surface area contributed by atoms with Crippen LogP contribution in [0, 0.1) is 22.5 Å². The fourth-order valence-corrected chi connectivity index (χ4v) is 3.11. The molecule has 1 heterocycles. The number of alkyl halides is 3. The molecule has 0 aliphatic carbocycles. The zero-order chi connectivity index (χ0) is 23.6. The second-order valence-electron chi connectivity index (χ2n) is 7.83. The summed E-state index contributed by atoms with van der Waals surface area (Å²) < 4.78 is 57.2. The van der Waals surface area contributed by atoms with Crippen LogP contribution in [0.5, 0.6) is 5.75 Å². The third-order valence-electron chi connectivity index (χ3n) is 4.51. The van der Waals surface area contributed by atoms with E-state index < -0.39 is 34.5 Å². The fraction of sp³-hybridized carbons (Fsp3) is 0.526. The van der Waals surface area contributed by atoms with Gasteiger partial charge in [-0.1, -0.05) is 31.5 Å². The third kappa shape index (κ3) is 5.72. The second-order valence-corrected chi connectivity index (χ2v) is 8.26. The lowest BCUT2D eigenvalue weighted by atomic mass is 9.91. The van der Waals surface area contributed by atoms with Gasteiger partial charge in [-0.05, 0) is 37.6 Å². The molecule has 0 N–H and O–H groups in total. The van der Waals surface area contributed by atoms with E-state index in [1.807, 2.05) is 0 Å². The van der Waals surface area contributed by atoms with E-state index in [1.165, 1.54) is 32.1 Å². The minimum Gasteiger partial charge on any atom is -0.469 e. The summed E-state index contributed by atoms with van der Waals surface area (Å²) in [6, 6.07) is 2.91. The van der Waals surface area contributed by atoms with Crippen LogP contribution in [-0.4, -0.2) is 42.3 Å². The summed E-state index contributed by atoms with van der Waals surface area (Å²) in [7, 11) is 0. The minimum absolute atomic E-state index is 0.0360. The predicted octanol–water partition coefficient (Wildman–Crippen LogP) is 5.13. The molecule has 1 aliphatic heterocycles. The Balaban J connectivity index is 2.16. The van der Waals surface area contributed by atoms with E-state index in [1.54, 1.807) is 6.92 Å². The third-order valence-corrected chi connectivity index (χ3v) is 4.73. The summed E-state index contributed by atoms with van der Waals surface area (Å²) >= 11 is 5.94. The van der Waals surface area contributed by atoms with E-state index in [2.05, 4.69) is 4.84 Å². The predicted molar refractivity (Wildman–Crippen MR) is 103 cm³/mol. The van der Waals surface area contributed by atoms with Crippen molar-refractivity contribution in [2.45, 2.75) is 45.6 Å². The molecule has 0 bridgehead atoms. The van der Waals surface area contributed by atoms with Crippen LogP contribution in [-0.2, 0) is 14.3 Å². The van der Waals surface area contributed by atoms with Gasteiger partial charge in [0, 0.05) is 16.0 Å². The van der Waals surface area contributed by atoms with Gasteiger partial charge in [0.15, 0.2) is 6.10 Å². The van der Waals surface area contributed by atoms with Crippen molar-refractivity contribution in [1.82, 2.24) is 0 Å². The van der Waals surface area contributed by atoms with Crippen LogP contribution < -0.4 is 4.74 Å². The molecule has 0 saturated heterocycles. The molecule has 12 heteroatoms. The Hall–Kier alpha value is -2.69. The largest absolute Gasteiger partial charge is 0.508 e. The molecule has 172 valence electrons. The fourth-order valence-electron chi connectivity index (χ4n) is 2.83. The number of aryl methyl sites for hydroxylation is 1. The van der Waals surface area contributed by atoms with Gasteiger partial charge in [0.25, 0.3) is 10.7 Å². The van der Waals surface area contributed by atoms with Gasteiger partial charge in [0.2, 0.25) is 0 Å². The normalized spacial score (nSPS) is 19.1. The van der Waals surface area contributed by atoms with Gasteiger partial charge in [-0.2, -0.15) is 13.2 Å². The van der Waals surface area contributed by atoms with Crippen molar-refractivity contribution in [3.05, 3.63) is 44.5 Å². The topological polar surface area (TPSA) is 97.1 Å². The Morgan fingerprint density at radius 1 is 1.32 bits per heavy atom. The van der Waals surface area contributed by atoms with Crippen molar-refractivity contribution in [2.75, 3.05) is 13.2 Å². The average molecular weight is 468 g/mol. The second kappa shape index (κ2) is 8.81. The maximum absolute atomic E-state index is 14.0. The lowest BCUT2D eigenvalue weighted by Gasteiger charge is -2.40. The average Bonchev–Trinajstić information content (AvgIpc) is 2.63. The van der Waals surface area contributed by atoms with Crippen molar-refractivity contribution in [3.63, 3.8) is 0 Å². The number of rotatable bonds is 7. The standard InChI is InChI=1S/C19H21ClF3NO7/c1-11-7-14(20)8-13-5-6-18(19(21,22)23,31-15(11)13)12(2)30-16(25)28-9-17(3,4)10-29-24(26)27/h5-8,12H,9-10H2,1-4H3/t12?,18-/m0/s1. The monoisotopic (exact) mass is 467 g/mol. The Morgan fingerprint density at radius 3 is 2.55 bits per heavy atom. The molecule has 0 amide bonds. The van der Waals surface area contributed by atoms with Crippen LogP contribution in [0.1, 0.15) is 31.9 Å². The zero-order valence-corrected chi connectivity index (χ0v) is 17.9. The highest BCUT2D eigenvalue weighted by atomic mass is 35.5. The van der Waals surface area contributed by atoms with Gasteiger partial charge in [-0.25, -0.2) is 4.79 Å². The molecule has 0 saturated carbocycles. The molecule has 1 aliphatic rings. The number of hydrogen-bond donors (Lipinski definition) is 0. The van der Waals surface area contributed by atoms with E-state index in [0.29, 0.717) is 16.1 Å². The molecule has 2 rings (SSSR count). The first-order valence-electron chi connectivity index (χ1n) is 9.03. The zero-order valence-electron chi connectivity index (χ0n) is 17.1. The Kier molecular flexibility index (Phi) is 6.99. The SMILES string of the molecule is Cc1cc(Cl)cc2c1O[C@@](C(C)OC(=O)OCC(C)(C)CO[N+](=O)[O-])(C(F)(F)F)C=C2. The van der Waals surface area contributed by atoms with Crippen LogP contribution in [0.4, 0.5) is 18.0 Å². The van der Waals surface area contributed by atoms with Crippen LogP contribution in [0.25, 0.3) is 6.08 Å². The minimum atomic E-state index is -4.94. The molecule has 1 aromatic carbocycles. The summed E-state index contributed by atoms with van der Waals surface area (Å²) in [6.07, 6.45) is -6.18. The van der Waals surface area contributed by atoms with Gasteiger partial charge >= 0.3 is 12.3 Å². The molecular weight excluding hydrogens is 447 g/mol. The summed E-state index contributed by atoms with van der Waals surface area (Å²) in [5, 5.41) is 9.61. The molecule has 8 nitrogen and oxygen atoms in total. The molecule has 0 radical (unpaired) electrons. The number of carbonyl (C=O) groups excluding carboxylic acids is 1. The number of nitrogens with zero attached hydrogens (tertiary/aromatic N) is 1. The number of fused-ring (bicyclic) bond motifs is 1. The van der Waals surface area contributed by atoms with Gasteiger partial charge < -0.3 is 19.0 Å². The highest BCUT2D eigenvalue weighted by molar-refractivity contribution is 6.30. The highest BCUT2D eigenvalue weighted by Crippen LogP contribution is 2.45. The van der Waals surface area contributed by atoms with Gasteiger partial charge in [0.05, 0.1) is 0 Å². The number of benzene rings is 1. The summed E-state index contributed by atoms with van der Waals surface area (Å²) in [6.45, 7) is 4.79. The van der Waals surface area contributed by atoms with Gasteiger partial charge in [0.1, 0.15) is 19.0 Å². The molecule has 0 aromatic heterocycles. The van der Waals surface area contributed by atoms with E-state index in [0.717, 1.165) is 13.0 Å². The first-order chi connectivity index (χ1) is 14.2. The highest BCUT2D eigenvalue weighted by Gasteiger charge is 2.62. The maximum atomic E-state index is 14.0. The van der Waals surface area contributed by atoms with E-state index >= 15 is 0 Å². The first-order valence-corrected chi connectivity index (χ1v) is 9.40. The van der Waals surface area contributed by atoms with E-state index in [4.69, 9.17) is 25.8 Å². The number of ether oxygens (including phenoxy) is 3. The molecule has 1 unspecified atom stereocenters. The van der Waals surface area contributed by atoms with Crippen molar-refractivity contribution in [3.8, 4) is 5.75 Å². The van der Waals surface area contributed by atoms with Crippen LogP contribution in [0.2, 0.25) is 5.02 Å². The van der Waals surface area contributed by atoms with Crippen molar-refractivity contribution >= 4 is 23.8 Å².